The maximum Gasteiger partial charge on any atom is 0.257 e. The lowest BCUT2D eigenvalue weighted by molar-refractivity contribution is 0.0938. The zero-order chi connectivity index (χ0) is 24.7. The quantitative estimate of drug-likeness (QED) is 0.573. The van der Waals surface area contributed by atoms with E-state index >= 15 is 4.39 Å². The first kappa shape index (κ1) is 23.5. The van der Waals surface area contributed by atoms with Gasteiger partial charge in [0, 0.05) is 43.8 Å². The van der Waals surface area contributed by atoms with Crippen molar-refractivity contribution in [1.29, 1.82) is 0 Å². The first-order valence-corrected chi connectivity index (χ1v) is 12.3. The fourth-order valence-electron chi connectivity index (χ4n) is 4.83. The van der Waals surface area contributed by atoms with Crippen LogP contribution in [0.2, 0.25) is 0 Å². The van der Waals surface area contributed by atoms with Crippen LogP contribution in [0.1, 0.15) is 54.7 Å². The number of pyridine rings is 1. The number of piperazine rings is 1. The third-order valence-electron chi connectivity index (χ3n) is 7.16. The number of rotatable bonds is 6. The predicted molar refractivity (Wildman–Crippen MR) is 133 cm³/mol. The van der Waals surface area contributed by atoms with Gasteiger partial charge >= 0.3 is 0 Å². The normalized spacial score (nSPS) is 17.5. The molecule has 2 aliphatic rings. The summed E-state index contributed by atoms with van der Waals surface area (Å²) in [7, 11) is 0. The molecule has 0 spiro atoms. The number of halogens is 2. The third-order valence-corrected chi connectivity index (χ3v) is 7.16. The van der Waals surface area contributed by atoms with Gasteiger partial charge in [-0.15, -0.1) is 0 Å². The molecule has 8 heteroatoms. The SMILES string of the molecule is CCN1CCN(c2cc3c(cc2F)c(=O)c(C(=O)NC(C)c2ccc(F)cc2)cn3C2CC2)CC1. The highest BCUT2D eigenvalue weighted by atomic mass is 19.1. The first-order chi connectivity index (χ1) is 16.9. The largest absolute Gasteiger partial charge is 0.367 e. The van der Waals surface area contributed by atoms with Crippen molar-refractivity contribution in [2.75, 3.05) is 37.6 Å². The number of nitrogens with zero attached hydrogens (tertiary/aromatic N) is 3. The van der Waals surface area contributed by atoms with E-state index in [1.165, 1.54) is 18.2 Å². The van der Waals surface area contributed by atoms with Gasteiger partial charge in [0.1, 0.15) is 17.2 Å². The van der Waals surface area contributed by atoms with Gasteiger partial charge in [-0.1, -0.05) is 19.1 Å². The minimum atomic E-state index is -0.525. The third kappa shape index (κ3) is 4.67. The molecule has 1 atom stereocenters. The predicted octanol–water partition coefficient (Wildman–Crippen LogP) is 4.25. The molecule has 5 rings (SSSR count). The molecular formula is C27H30F2N4O2. The molecular weight excluding hydrogens is 450 g/mol. The summed E-state index contributed by atoms with van der Waals surface area (Å²) in [5, 5.41) is 3.05. The number of carbonyl (C=O) groups is 1. The zero-order valence-corrected chi connectivity index (χ0v) is 20.1. The van der Waals surface area contributed by atoms with Gasteiger partial charge in [0.25, 0.3) is 5.91 Å². The molecule has 6 nitrogen and oxygen atoms in total. The average molecular weight is 481 g/mol. The van der Waals surface area contributed by atoms with Crippen LogP contribution < -0.4 is 15.6 Å². The Bertz CT molecular complexity index is 1310. The number of hydrogen-bond donors (Lipinski definition) is 1. The summed E-state index contributed by atoms with van der Waals surface area (Å²) < 4.78 is 30.5. The summed E-state index contributed by atoms with van der Waals surface area (Å²) >= 11 is 0. The van der Waals surface area contributed by atoms with Crippen molar-refractivity contribution in [1.82, 2.24) is 14.8 Å². The Hall–Kier alpha value is -3.26. The molecule has 2 heterocycles. The van der Waals surface area contributed by atoms with E-state index in [4.69, 9.17) is 0 Å². The Balaban J connectivity index is 1.49. The fraction of sp³-hybridized carbons (Fsp3) is 0.407. The van der Waals surface area contributed by atoms with E-state index in [1.807, 2.05) is 9.47 Å². The van der Waals surface area contributed by atoms with E-state index < -0.39 is 23.2 Å². The van der Waals surface area contributed by atoms with E-state index in [9.17, 15) is 14.0 Å². The lowest BCUT2D eigenvalue weighted by atomic mass is 10.1. The maximum absolute atomic E-state index is 15.3. The minimum Gasteiger partial charge on any atom is -0.367 e. The molecule has 1 N–H and O–H groups in total. The number of amides is 1. The van der Waals surface area contributed by atoms with Gasteiger partial charge in [-0.3, -0.25) is 9.59 Å². The summed E-state index contributed by atoms with van der Waals surface area (Å²) in [5.41, 5.74) is 1.39. The number of carbonyl (C=O) groups excluding carboxylic acids is 1. The van der Waals surface area contributed by atoms with Crippen molar-refractivity contribution >= 4 is 22.5 Å². The first-order valence-electron chi connectivity index (χ1n) is 12.3. The van der Waals surface area contributed by atoms with Crippen LogP contribution >= 0.6 is 0 Å². The topological polar surface area (TPSA) is 57.6 Å². The Morgan fingerprint density at radius 1 is 1.09 bits per heavy atom. The average Bonchev–Trinajstić information content (AvgIpc) is 3.70. The highest BCUT2D eigenvalue weighted by molar-refractivity contribution is 5.98. The summed E-state index contributed by atoms with van der Waals surface area (Å²) in [6, 6.07) is 8.68. The summed E-state index contributed by atoms with van der Waals surface area (Å²) in [5.74, 6) is -1.33. The van der Waals surface area contributed by atoms with Crippen molar-refractivity contribution in [3.05, 3.63) is 75.6 Å². The van der Waals surface area contributed by atoms with Gasteiger partial charge in [0.15, 0.2) is 0 Å². The second kappa shape index (κ2) is 9.41. The number of nitrogens with one attached hydrogen (secondary N) is 1. The van der Waals surface area contributed by atoms with Gasteiger partial charge in [-0.25, -0.2) is 8.78 Å². The van der Waals surface area contributed by atoms with Gasteiger partial charge in [0.05, 0.1) is 17.2 Å². The van der Waals surface area contributed by atoms with Gasteiger partial charge in [-0.05, 0) is 56.1 Å². The van der Waals surface area contributed by atoms with Crippen molar-refractivity contribution < 1.29 is 13.6 Å². The van der Waals surface area contributed by atoms with E-state index in [-0.39, 0.29) is 22.8 Å². The molecule has 1 aliphatic carbocycles. The lowest BCUT2D eigenvalue weighted by Crippen LogP contribution is -2.46. The molecule has 1 saturated heterocycles. The van der Waals surface area contributed by atoms with Crippen LogP contribution in [0, 0.1) is 11.6 Å². The number of hydrogen-bond acceptors (Lipinski definition) is 4. The molecule has 1 aliphatic heterocycles. The molecule has 3 aromatic rings. The smallest absolute Gasteiger partial charge is 0.257 e. The van der Waals surface area contributed by atoms with E-state index in [0.717, 1.165) is 51.1 Å². The molecule has 1 unspecified atom stereocenters. The van der Waals surface area contributed by atoms with Crippen LogP contribution in [-0.2, 0) is 0 Å². The number of anilines is 1. The second-order valence-electron chi connectivity index (χ2n) is 9.50. The number of aromatic nitrogens is 1. The van der Waals surface area contributed by atoms with Crippen LogP contribution in [0.4, 0.5) is 14.5 Å². The lowest BCUT2D eigenvalue weighted by Gasteiger charge is -2.35. The van der Waals surface area contributed by atoms with Gasteiger partial charge in [-0.2, -0.15) is 0 Å². The highest BCUT2D eigenvalue weighted by Crippen LogP contribution is 2.38. The maximum atomic E-state index is 15.3. The number of benzene rings is 2. The Morgan fingerprint density at radius 2 is 1.77 bits per heavy atom. The fourth-order valence-corrected chi connectivity index (χ4v) is 4.83. The van der Waals surface area contributed by atoms with E-state index in [1.54, 1.807) is 31.3 Å². The molecule has 184 valence electrons. The van der Waals surface area contributed by atoms with Crippen molar-refractivity contribution in [3.8, 4) is 0 Å². The number of likely N-dealkylation sites (N-methyl/N-ethyl adjacent to an activating group) is 1. The Morgan fingerprint density at radius 3 is 2.40 bits per heavy atom. The van der Waals surface area contributed by atoms with Gasteiger partial charge in [0.2, 0.25) is 5.43 Å². The monoisotopic (exact) mass is 480 g/mol. The Labute approximate surface area is 203 Å². The second-order valence-corrected chi connectivity index (χ2v) is 9.50. The van der Waals surface area contributed by atoms with Crippen LogP contribution in [0.3, 0.4) is 0 Å². The van der Waals surface area contributed by atoms with Crippen molar-refractivity contribution in [2.45, 2.75) is 38.8 Å². The van der Waals surface area contributed by atoms with E-state index in [0.29, 0.717) is 11.2 Å². The number of fused-ring (bicyclic) bond motifs is 1. The van der Waals surface area contributed by atoms with E-state index in [2.05, 4.69) is 17.1 Å². The highest BCUT2D eigenvalue weighted by Gasteiger charge is 2.29. The van der Waals surface area contributed by atoms with Gasteiger partial charge < -0.3 is 19.7 Å². The molecule has 1 saturated carbocycles. The van der Waals surface area contributed by atoms with Crippen LogP contribution in [0.5, 0.6) is 0 Å². The molecule has 35 heavy (non-hydrogen) atoms. The zero-order valence-electron chi connectivity index (χ0n) is 20.1. The molecule has 2 fully saturated rings. The summed E-state index contributed by atoms with van der Waals surface area (Å²) in [6.07, 6.45) is 3.52. The molecule has 1 amide bonds. The Kier molecular flexibility index (Phi) is 6.32. The molecule has 1 aromatic heterocycles. The van der Waals surface area contributed by atoms with Crippen LogP contribution in [0.25, 0.3) is 10.9 Å². The summed E-state index contributed by atoms with van der Waals surface area (Å²) in [6.45, 7) is 8.06. The van der Waals surface area contributed by atoms with Crippen molar-refractivity contribution in [3.63, 3.8) is 0 Å². The standard InChI is InChI=1S/C27H30F2N4O2/c1-3-31-10-12-32(13-11-31)25-15-24-21(14-23(25)29)26(34)22(16-33(24)20-8-9-20)27(35)30-17(2)18-4-6-19(28)7-5-18/h4-7,14-17,20H,3,8-13H2,1-2H3,(H,30,35). The molecule has 2 aromatic carbocycles. The summed E-state index contributed by atoms with van der Waals surface area (Å²) in [4.78, 5) is 30.8. The van der Waals surface area contributed by atoms with Crippen molar-refractivity contribution in [2.24, 2.45) is 0 Å². The van der Waals surface area contributed by atoms with Crippen LogP contribution in [0.15, 0.2) is 47.4 Å². The minimum absolute atomic E-state index is 0.0120. The van der Waals surface area contributed by atoms with Crippen LogP contribution in [-0.4, -0.2) is 48.1 Å². The molecule has 0 radical (unpaired) electrons. The molecule has 0 bridgehead atoms.